The highest BCUT2D eigenvalue weighted by atomic mass is 19.1. The Kier molecular flexibility index (Phi) is 5.55. The number of carbonyl (C=O) groups excluding carboxylic acids is 1. The summed E-state index contributed by atoms with van der Waals surface area (Å²) in [4.78, 5) is 21.4. The number of piperidine rings is 1. The molecule has 1 amide bonds. The van der Waals surface area contributed by atoms with Gasteiger partial charge in [-0.05, 0) is 60.7 Å². The molecule has 0 radical (unpaired) electrons. The standard InChI is InChI=1S/C24H24FN7O/c1-15-5-3-6-16-10-12-27-23(21(15)16)32(18-7-4-11-26-14-18)24(33)19-9-8-17(13-20(19)25)22-28-30-31(2)29-22/h3,5-6,8-10,12-13,18,26H,4,7,11,14H2,1-2H3/t18-/m1/s1. The second-order valence-corrected chi connectivity index (χ2v) is 8.28. The third-order valence-electron chi connectivity index (χ3n) is 6.03. The van der Waals surface area contributed by atoms with Crippen molar-refractivity contribution in [3.63, 3.8) is 0 Å². The number of amides is 1. The number of fused-ring (bicyclic) bond motifs is 1. The molecule has 33 heavy (non-hydrogen) atoms. The number of nitrogens with one attached hydrogen (secondary N) is 1. The van der Waals surface area contributed by atoms with Gasteiger partial charge in [-0.2, -0.15) is 4.80 Å². The Morgan fingerprint density at radius 3 is 2.85 bits per heavy atom. The van der Waals surface area contributed by atoms with Crippen LogP contribution in [0.15, 0.2) is 48.7 Å². The molecule has 0 saturated carbocycles. The fourth-order valence-corrected chi connectivity index (χ4v) is 4.42. The average Bonchev–Trinajstić information content (AvgIpc) is 3.26. The molecule has 5 rings (SSSR count). The predicted octanol–water partition coefficient (Wildman–Crippen LogP) is 3.27. The molecular formula is C24H24FN7O. The van der Waals surface area contributed by atoms with E-state index in [9.17, 15) is 4.79 Å². The van der Waals surface area contributed by atoms with Crippen LogP contribution in [0, 0.1) is 12.7 Å². The monoisotopic (exact) mass is 445 g/mol. The molecule has 1 fully saturated rings. The minimum absolute atomic E-state index is 0.0133. The van der Waals surface area contributed by atoms with Crippen LogP contribution in [-0.4, -0.2) is 50.2 Å². The first-order chi connectivity index (χ1) is 16.0. The van der Waals surface area contributed by atoms with E-state index < -0.39 is 11.7 Å². The van der Waals surface area contributed by atoms with Gasteiger partial charge in [0, 0.05) is 23.7 Å². The van der Waals surface area contributed by atoms with Gasteiger partial charge in [0.25, 0.3) is 5.91 Å². The molecule has 2 aromatic heterocycles. The number of aryl methyl sites for hydroxylation is 2. The fraction of sp³-hybridized carbons (Fsp3) is 0.292. The Morgan fingerprint density at radius 1 is 1.24 bits per heavy atom. The molecule has 168 valence electrons. The molecule has 8 nitrogen and oxygen atoms in total. The maximum absolute atomic E-state index is 15.3. The number of hydrogen-bond acceptors (Lipinski definition) is 6. The van der Waals surface area contributed by atoms with Crippen molar-refractivity contribution >= 4 is 22.5 Å². The van der Waals surface area contributed by atoms with Crippen molar-refractivity contribution in [1.82, 2.24) is 30.5 Å². The molecule has 1 atom stereocenters. The minimum Gasteiger partial charge on any atom is -0.315 e. The number of rotatable bonds is 4. The first kappa shape index (κ1) is 21.1. The summed E-state index contributed by atoms with van der Waals surface area (Å²) in [7, 11) is 1.64. The number of carbonyl (C=O) groups is 1. The molecule has 9 heteroatoms. The highest BCUT2D eigenvalue weighted by Gasteiger charge is 2.31. The van der Waals surface area contributed by atoms with E-state index in [1.807, 2.05) is 31.2 Å². The van der Waals surface area contributed by atoms with E-state index in [1.54, 1.807) is 24.2 Å². The van der Waals surface area contributed by atoms with Crippen molar-refractivity contribution in [2.75, 3.05) is 18.0 Å². The molecule has 3 heterocycles. The first-order valence-electron chi connectivity index (χ1n) is 11.0. The van der Waals surface area contributed by atoms with E-state index in [2.05, 4.69) is 25.7 Å². The van der Waals surface area contributed by atoms with Crippen LogP contribution >= 0.6 is 0 Å². The number of benzene rings is 2. The zero-order chi connectivity index (χ0) is 22.9. The lowest BCUT2D eigenvalue weighted by Crippen LogP contribution is -2.49. The molecule has 4 aromatic rings. The van der Waals surface area contributed by atoms with Gasteiger partial charge in [0.05, 0.1) is 18.7 Å². The van der Waals surface area contributed by atoms with Crippen molar-refractivity contribution < 1.29 is 9.18 Å². The second-order valence-electron chi connectivity index (χ2n) is 8.28. The second kappa shape index (κ2) is 8.67. The van der Waals surface area contributed by atoms with Crippen molar-refractivity contribution in [3.05, 3.63) is 65.6 Å². The third-order valence-corrected chi connectivity index (χ3v) is 6.03. The molecule has 1 saturated heterocycles. The Labute approximate surface area is 190 Å². The summed E-state index contributed by atoms with van der Waals surface area (Å²) in [6.07, 6.45) is 3.44. The molecule has 1 aliphatic rings. The van der Waals surface area contributed by atoms with E-state index in [0.717, 1.165) is 35.7 Å². The maximum atomic E-state index is 15.3. The Morgan fingerprint density at radius 2 is 2.12 bits per heavy atom. The summed E-state index contributed by atoms with van der Waals surface area (Å²) < 4.78 is 15.3. The molecule has 1 N–H and O–H groups in total. The quantitative estimate of drug-likeness (QED) is 0.519. The number of aromatic nitrogens is 5. The first-order valence-corrected chi connectivity index (χ1v) is 11.0. The molecule has 1 aliphatic heterocycles. The Bertz CT molecular complexity index is 1320. The number of hydrogen-bond donors (Lipinski definition) is 1. The van der Waals surface area contributed by atoms with Crippen LogP contribution in [0.5, 0.6) is 0 Å². The highest BCUT2D eigenvalue weighted by Crippen LogP contribution is 2.32. The lowest BCUT2D eigenvalue weighted by molar-refractivity contribution is 0.0968. The van der Waals surface area contributed by atoms with Gasteiger partial charge in [-0.15, -0.1) is 10.2 Å². The van der Waals surface area contributed by atoms with E-state index in [0.29, 0.717) is 23.8 Å². The summed E-state index contributed by atoms with van der Waals surface area (Å²) >= 11 is 0. The maximum Gasteiger partial charge on any atom is 0.262 e. The Hall–Kier alpha value is -3.72. The van der Waals surface area contributed by atoms with Crippen LogP contribution in [-0.2, 0) is 7.05 Å². The summed E-state index contributed by atoms with van der Waals surface area (Å²) in [5, 5.41) is 17.1. The number of nitrogens with zero attached hydrogens (tertiary/aromatic N) is 6. The molecular weight excluding hydrogens is 421 g/mol. The van der Waals surface area contributed by atoms with Crippen molar-refractivity contribution in [1.29, 1.82) is 0 Å². The normalized spacial score (nSPS) is 16.2. The van der Waals surface area contributed by atoms with Gasteiger partial charge in [0.2, 0.25) is 5.82 Å². The highest BCUT2D eigenvalue weighted by molar-refractivity contribution is 6.11. The van der Waals surface area contributed by atoms with Gasteiger partial charge in [-0.1, -0.05) is 24.3 Å². The largest absolute Gasteiger partial charge is 0.315 e. The number of anilines is 1. The Balaban J connectivity index is 1.60. The van der Waals surface area contributed by atoms with Gasteiger partial charge in [-0.25, -0.2) is 9.37 Å². The average molecular weight is 446 g/mol. The molecule has 0 bridgehead atoms. The zero-order valence-electron chi connectivity index (χ0n) is 18.5. The third kappa shape index (κ3) is 3.95. The van der Waals surface area contributed by atoms with Gasteiger partial charge in [0.1, 0.15) is 11.6 Å². The summed E-state index contributed by atoms with van der Waals surface area (Å²) in [5.74, 6) is -0.183. The number of halogens is 1. The van der Waals surface area contributed by atoms with E-state index in [1.165, 1.54) is 16.9 Å². The van der Waals surface area contributed by atoms with Crippen LogP contribution in [0.1, 0.15) is 28.8 Å². The summed E-state index contributed by atoms with van der Waals surface area (Å²) in [6, 6.07) is 12.2. The molecule has 0 spiro atoms. The lowest BCUT2D eigenvalue weighted by atomic mass is 10.0. The van der Waals surface area contributed by atoms with Gasteiger partial charge < -0.3 is 5.32 Å². The van der Waals surface area contributed by atoms with Gasteiger partial charge in [-0.3, -0.25) is 9.69 Å². The van der Waals surface area contributed by atoms with E-state index in [-0.39, 0.29) is 11.6 Å². The smallest absolute Gasteiger partial charge is 0.262 e. The van der Waals surface area contributed by atoms with Crippen molar-refractivity contribution in [2.45, 2.75) is 25.8 Å². The van der Waals surface area contributed by atoms with Crippen LogP contribution < -0.4 is 10.2 Å². The SMILES string of the molecule is Cc1cccc2ccnc(N(C(=O)c3ccc(-c4nnn(C)n4)cc3F)[C@@H]3CCCNC3)c12. The predicted molar refractivity (Wildman–Crippen MR) is 123 cm³/mol. The van der Waals surface area contributed by atoms with Crippen molar-refractivity contribution in [3.8, 4) is 11.4 Å². The van der Waals surface area contributed by atoms with Crippen LogP contribution in [0.3, 0.4) is 0 Å². The van der Waals surface area contributed by atoms with Crippen LogP contribution in [0.4, 0.5) is 10.2 Å². The number of tetrazole rings is 1. The number of pyridine rings is 1. The van der Waals surface area contributed by atoms with Crippen LogP contribution in [0.25, 0.3) is 22.2 Å². The van der Waals surface area contributed by atoms with Gasteiger partial charge >= 0.3 is 0 Å². The molecule has 0 unspecified atom stereocenters. The summed E-state index contributed by atoms with van der Waals surface area (Å²) in [5.41, 5.74) is 1.46. The van der Waals surface area contributed by atoms with Crippen molar-refractivity contribution in [2.24, 2.45) is 7.05 Å². The topological polar surface area (TPSA) is 88.8 Å². The van der Waals surface area contributed by atoms with Crippen LogP contribution in [0.2, 0.25) is 0 Å². The zero-order valence-corrected chi connectivity index (χ0v) is 18.5. The summed E-state index contributed by atoms with van der Waals surface area (Å²) in [6.45, 7) is 3.52. The minimum atomic E-state index is -0.629. The molecule has 0 aliphatic carbocycles. The molecule has 2 aromatic carbocycles. The lowest BCUT2D eigenvalue weighted by Gasteiger charge is -2.35. The van der Waals surface area contributed by atoms with E-state index >= 15 is 4.39 Å². The fourth-order valence-electron chi connectivity index (χ4n) is 4.42. The van der Waals surface area contributed by atoms with Gasteiger partial charge in [0.15, 0.2) is 0 Å². The van der Waals surface area contributed by atoms with E-state index in [4.69, 9.17) is 0 Å².